The maximum atomic E-state index is 13.8. The molecule has 0 aliphatic carbocycles. The molecule has 0 bridgehead atoms. The van der Waals surface area contributed by atoms with Crippen molar-refractivity contribution in [2.45, 2.75) is 19.3 Å². The van der Waals surface area contributed by atoms with E-state index in [1.54, 1.807) is 14.0 Å². The van der Waals surface area contributed by atoms with Crippen molar-refractivity contribution < 1.29 is 18.8 Å². The van der Waals surface area contributed by atoms with Crippen LogP contribution in [-0.2, 0) is 14.4 Å². The van der Waals surface area contributed by atoms with Crippen LogP contribution in [0, 0.1) is 5.92 Å². The molecule has 2 rings (SSSR count). The fraction of sp³-hybridized carbons (Fsp3) is 0.462. The van der Waals surface area contributed by atoms with Crippen LogP contribution in [0.1, 0.15) is 18.5 Å². The summed E-state index contributed by atoms with van der Waals surface area (Å²) in [5.41, 5.74) is 0.832. The number of hydroxylamine groups is 2. The van der Waals surface area contributed by atoms with Crippen LogP contribution in [0.25, 0.3) is 0 Å². The molecule has 1 aromatic carbocycles. The largest absolute Gasteiger partial charge is 0.466 e. The van der Waals surface area contributed by atoms with E-state index in [1.165, 1.54) is 5.06 Å². The fourth-order valence-electron chi connectivity index (χ4n) is 2.20. The number of esters is 1. The molecule has 3 atom stereocenters. The van der Waals surface area contributed by atoms with Gasteiger partial charge in [-0.2, -0.15) is 5.06 Å². The Morgan fingerprint density at radius 1 is 1.44 bits per heavy atom. The number of carbonyl (C=O) groups excluding carboxylic acids is 1. The summed E-state index contributed by atoms with van der Waals surface area (Å²) in [5, 5.41) is 1.38. The van der Waals surface area contributed by atoms with Gasteiger partial charge in [0.2, 0.25) is 6.36 Å². The first-order valence-electron chi connectivity index (χ1n) is 5.90. The van der Waals surface area contributed by atoms with Crippen molar-refractivity contribution in [3.8, 4) is 0 Å². The summed E-state index contributed by atoms with van der Waals surface area (Å²) >= 11 is 0. The third-order valence-electron chi connectivity index (χ3n) is 2.98. The Balaban J connectivity index is 2.28. The second-order valence-electron chi connectivity index (χ2n) is 4.14. The number of rotatable bonds is 3. The number of carbonyl (C=O) groups is 1. The summed E-state index contributed by atoms with van der Waals surface area (Å²) in [6.45, 7) is 1.93. The quantitative estimate of drug-likeness (QED) is 0.773. The van der Waals surface area contributed by atoms with Crippen LogP contribution >= 0.6 is 0 Å². The van der Waals surface area contributed by atoms with Gasteiger partial charge >= 0.3 is 5.97 Å². The van der Waals surface area contributed by atoms with Crippen molar-refractivity contribution in [3.05, 3.63) is 35.9 Å². The van der Waals surface area contributed by atoms with Gasteiger partial charge in [-0.25, -0.2) is 4.39 Å². The first kappa shape index (κ1) is 13.0. The zero-order chi connectivity index (χ0) is 13.1. The predicted molar refractivity (Wildman–Crippen MR) is 63.1 cm³/mol. The van der Waals surface area contributed by atoms with Gasteiger partial charge in [0, 0.05) is 7.05 Å². The molecular formula is C13H16FNO3. The Kier molecular flexibility index (Phi) is 3.93. The van der Waals surface area contributed by atoms with Gasteiger partial charge in [0.15, 0.2) is 0 Å². The zero-order valence-corrected chi connectivity index (χ0v) is 10.4. The Morgan fingerprint density at radius 3 is 2.72 bits per heavy atom. The minimum Gasteiger partial charge on any atom is -0.466 e. The molecule has 1 aliphatic rings. The van der Waals surface area contributed by atoms with Crippen molar-refractivity contribution in [3.63, 3.8) is 0 Å². The molecule has 1 saturated heterocycles. The van der Waals surface area contributed by atoms with Gasteiger partial charge in [-0.05, 0) is 12.5 Å². The normalized spacial score (nSPS) is 28.3. The van der Waals surface area contributed by atoms with E-state index in [2.05, 4.69) is 0 Å². The molecule has 0 radical (unpaired) electrons. The molecule has 0 N–H and O–H groups in total. The molecule has 1 aliphatic heterocycles. The van der Waals surface area contributed by atoms with Crippen LogP contribution in [0.2, 0.25) is 0 Å². The Bertz CT molecular complexity index is 412. The molecule has 1 aromatic rings. The van der Waals surface area contributed by atoms with Gasteiger partial charge in [-0.3, -0.25) is 9.63 Å². The third kappa shape index (κ3) is 2.37. The highest BCUT2D eigenvalue weighted by atomic mass is 19.1. The van der Waals surface area contributed by atoms with Gasteiger partial charge in [0.05, 0.1) is 12.6 Å². The maximum Gasteiger partial charge on any atom is 0.316 e. The van der Waals surface area contributed by atoms with Crippen molar-refractivity contribution in [1.29, 1.82) is 0 Å². The van der Waals surface area contributed by atoms with E-state index >= 15 is 0 Å². The number of ether oxygens (including phenoxy) is 1. The lowest BCUT2D eigenvalue weighted by Gasteiger charge is -2.21. The SMILES string of the molecule is CCOC(=O)[C@@H]1[C@@H](c2ccccc2)N(C)O[C@@H]1F. The summed E-state index contributed by atoms with van der Waals surface area (Å²) in [7, 11) is 1.61. The van der Waals surface area contributed by atoms with E-state index in [9.17, 15) is 9.18 Å². The number of hydrogen-bond acceptors (Lipinski definition) is 4. The third-order valence-corrected chi connectivity index (χ3v) is 2.98. The van der Waals surface area contributed by atoms with Crippen molar-refractivity contribution >= 4 is 5.97 Å². The molecule has 18 heavy (non-hydrogen) atoms. The van der Waals surface area contributed by atoms with Crippen molar-refractivity contribution in [1.82, 2.24) is 5.06 Å². The molecule has 1 heterocycles. The summed E-state index contributed by atoms with van der Waals surface area (Å²) < 4.78 is 18.7. The van der Waals surface area contributed by atoms with Crippen LogP contribution in [0.15, 0.2) is 30.3 Å². The van der Waals surface area contributed by atoms with Gasteiger partial charge in [-0.15, -0.1) is 0 Å². The first-order chi connectivity index (χ1) is 8.65. The van der Waals surface area contributed by atoms with E-state index in [1.807, 2.05) is 30.3 Å². The number of alkyl halides is 1. The average Bonchev–Trinajstić information content (AvgIpc) is 2.65. The number of halogens is 1. The first-order valence-corrected chi connectivity index (χ1v) is 5.90. The highest BCUT2D eigenvalue weighted by molar-refractivity contribution is 5.74. The number of benzene rings is 1. The van der Waals surface area contributed by atoms with E-state index in [-0.39, 0.29) is 6.61 Å². The highest BCUT2D eigenvalue weighted by Crippen LogP contribution is 2.39. The number of nitrogens with zero attached hydrogens (tertiary/aromatic N) is 1. The molecule has 98 valence electrons. The van der Waals surface area contributed by atoms with Crippen LogP contribution in [0.3, 0.4) is 0 Å². The summed E-state index contributed by atoms with van der Waals surface area (Å²) in [4.78, 5) is 16.8. The maximum absolute atomic E-state index is 13.8. The Labute approximate surface area is 105 Å². The average molecular weight is 253 g/mol. The summed E-state index contributed by atoms with van der Waals surface area (Å²) in [6.07, 6.45) is -1.67. The van der Waals surface area contributed by atoms with E-state index in [0.29, 0.717) is 0 Å². The zero-order valence-electron chi connectivity index (χ0n) is 10.4. The van der Waals surface area contributed by atoms with Crippen molar-refractivity contribution in [2.75, 3.05) is 13.7 Å². The molecule has 0 unspecified atom stereocenters. The van der Waals surface area contributed by atoms with Gasteiger partial charge in [-0.1, -0.05) is 30.3 Å². The molecule has 4 nitrogen and oxygen atoms in total. The molecule has 0 aromatic heterocycles. The summed E-state index contributed by atoms with van der Waals surface area (Å²) in [6, 6.07) is 8.78. The van der Waals surface area contributed by atoms with Crippen LogP contribution in [0.4, 0.5) is 4.39 Å². The predicted octanol–water partition coefficient (Wildman–Crippen LogP) is 2.08. The lowest BCUT2D eigenvalue weighted by molar-refractivity contribution is -0.186. The standard InChI is InChI=1S/C13H16FNO3/c1-3-17-13(16)10-11(15(2)18-12(10)14)9-7-5-4-6-8-9/h4-8,10-12H,3H2,1-2H3/t10-,11-,12+/m1/s1. The second kappa shape index (κ2) is 5.46. The van der Waals surface area contributed by atoms with Gasteiger partial charge in [0.25, 0.3) is 0 Å². The van der Waals surface area contributed by atoms with Gasteiger partial charge in [0.1, 0.15) is 5.92 Å². The molecule has 0 saturated carbocycles. The Hall–Kier alpha value is -1.46. The highest BCUT2D eigenvalue weighted by Gasteiger charge is 2.48. The van der Waals surface area contributed by atoms with E-state index < -0.39 is 24.3 Å². The van der Waals surface area contributed by atoms with Crippen LogP contribution in [0.5, 0.6) is 0 Å². The Morgan fingerprint density at radius 2 is 2.11 bits per heavy atom. The summed E-state index contributed by atoms with van der Waals surface area (Å²) in [5.74, 6) is -1.51. The van der Waals surface area contributed by atoms with Crippen LogP contribution < -0.4 is 0 Å². The van der Waals surface area contributed by atoms with E-state index in [4.69, 9.17) is 9.57 Å². The van der Waals surface area contributed by atoms with Crippen molar-refractivity contribution in [2.24, 2.45) is 5.92 Å². The minimum absolute atomic E-state index is 0.229. The monoisotopic (exact) mass is 253 g/mol. The van der Waals surface area contributed by atoms with E-state index in [0.717, 1.165) is 5.56 Å². The second-order valence-corrected chi connectivity index (χ2v) is 4.14. The van der Waals surface area contributed by atoms with Gasteiger partial charge < -0.3 is 4.74 Å². The smallest absolute Gasteiger partial charge is 0.316 e. The minimum atomic E-state index is -1.67. The molecular weight excluding hydrogens is 237 g/mol. The number of hydrogen-bond donors (Lipinski definition) is 0. The molecule has 1 fully saturated rings. The molecule has 0 spiro atoms. The molecule has 0 amide bonds. The lowest BCUT2D eigenvalue weighted by atomic mass is 9.94. The van der Waals surface area contributed by atoms with Crippen LogP contribution in [-0.4, -0.2) is 31.0 Å². The fourth-order valence-corrected chi connectivity index (χ4v) is 2.20. The topological polar surface area (TPSA) is 38.8 Å². The lowest BCUT2D eigenvalue weighted by Crippen LogP contribution is -2.29. The molecule has 5 heteroatoms.